The van der Waals surface area contributed by atoms with Crippen LogP contribution < -0.4 is 10.2 Å². The van der Waals surface area contributed by atoms with Crippen LogP contribution in [-0.2, 0) is 4.74 Å². The average molecular weight is 425 g/mol. The minimum Gasteiger partial charge on any atom is -0.349 e. The van der Waals surface area contributed by atoms with Crippen LogP contribution in [0.2, 0.25) is 0 Å². The highest BCUT2D eigenvalue weighted by atomic mass is 19.4. The Morgan fingerprint density at radius 2 is 2.10 bits per heavy atom. The maximum absolute atomic E-state index is 13.0. The zero-order valence-electron chi connectivity index (χ0n) is 17.0. The molecule has 30 heavy (non-hydrogen) atoms. The third-order valence-corrected chi connectivity index (χ3v) is 5.37. The summed E-state index contributed by atoms with van der Waals surface area (Å²) in [7, 11) is 1.89. The van der Waals surface area contributed by atoms with Crippen LogP contribution in [0.4, 0.5) is 24.5 Å². The van der Waals surface area contributed by atoms with Gasteiger partial charge in [0.15, 0.2) is 11.9 Å². The van der Waals surface area contributed by atoms with E-state index in [1.165, 1.54) is 23.4 Å². The summed E-state index contributed by atoms with van der Waals surface area (Å²) < 4.78 is 44.4. The first-order chi connectivity index (χ1) is 14.3. The number of nitrogens with one attached hydrogen (secondary N) is 1. The molecule has 1 aliphatic rings. The number of ether oxygens (including phenoxy) is 1. The molecule has 3 rings (SSSR count). The SMILES string of the molecule is C=Nc1cnc(-n2nccn2)cc1N(COC(C)C(F)(F)F)C1CCCC(NC)C1. The Hall–Kier alpha value is -2.53. The summed E-state index contributed by atoms with van der Waals surface area (Å²) in [5.74, 6) is 0.428. The summed E-state index contributed by atoms with van der Waals surface area (Å²) in [6.07, 6.45) is 1.80. The Balaban J connectivity index is 1.95. The fraction of sp³-hybridized carbons (Fsp3) is 0.579. The molecule has 1 fully saturated rings. The molecule has 11 heteroatoms. The van der Waals surface area contributed by atoms with Gasteiger partial charge in [0.05, 0.1) is 24.3 Å². The fourth-order valence-corrected chi connectivity index (χ4v) is 3.59. The van der Waals surface area contributed by atoms with Crippen molar-refractivity contribution in [1.29, 1.82) is 0 Å². The quantitative estimate of drug-likeness (QED) is 0.517. The summed E-state index contributed by atoms with van der Waals surface area (Å²) in [5, 5.41) is 11.4. The lowest BCUT2D eigenvalue weighted by Crippen LogP contribution is -2.46. The van der Waals surface area contributed by atoms with E-state index in [0.29, 0.717) is 17.2 Å². The van der Waals surface area contributed by atoms with Crippen molar-refractivity contribution in [1.82, 2.24) is 25.3 Å². The van der Waals surface area contributed by atoms with E-state index in [2.05, 4.69) is 32.2 Å². The van der Waals surface area contributed by atoms with E-state index >= 15 is 0 Å². The molecule has 1 N–H and O–H groups in total. The maximum Gasteiger partial charge on any atom is 0.414 e. The Bertz CT molecular complexity index is 828. The number of nitrogens with zero attached hydrogens (tertiary/aromatic N) is 6. The second kappa shape index (κ2) is 9.52. The molecular weight excluding hydrogens is 399 g/mol. The van der Waals surface area contributed by atoms with Gasteiger partial charge in [-0.3, -0.25) is 4.99 Å². The first-order valence-electron chi connectivity index (χ1n) is 9.79. The molecule has 164 valence electrons. The van der Waals surface area contributed by atoms with Crippen LogP contribution >= 0.6 is 0 Å². The summed E-state index contributed by atoms with van der Waals surface area (Å²) in [4.78, 5) is 11.5. The topological polar surface area (TPSA) is 80.5 Å². The monoisotopic (exact) mass is 425 g/mol. The molecule has 0 aliphatic heterocycles. The molecule has 3 unspecified atom stereocenters. The fourth-order valence-electron chi connectivity index (χ4n) is 3.59. The van der Waals surface area contributed by atoms with E-state index in [-0.39, 0.29) is 18.8 Å². The third-order valence-electron chi connectivity index (χ3n) is 5.37. The van der Waals surface area contributed by atoms with Crippen LogP contribution in [0.3, 0.4) is 0 Å². The van der Waals surface area contributed by atoms with Gasteiger partial charge in [0.25, 0.3) is 0 Å². The molecule has 0 aromatic carbocycles. The molecule has 1 saturated carbocycles. The molecule has 3 atom stereocenters. The van der Waals surface area contributed by atoms with E-state index in [1.54, 1.807) is 6.07 Å². The smallest absolute Gasteiger partial charge is 0.349 e. The van der Waals surface area contributed by atoms with Gasteiger partial charge in [-0.15, -0.1) is 4.80 Å². The largest absolute Gasteiger partial charge is 0.414 e. The second-order valence-corrected chi connectivity index (χ2v) is 7.26. The number of pyridine rings is 1. The molecule has 2 aromatic rings. The van der Waals surface area contributed by atoms with Gasteiger partial charge in [0.2, 0.25) is 0 Å². The average Bonchev–Trinajstić information content (AvgIpc) is 3.28. The number of aliphatic imine (C=N–C) groups is 1. The van der Waals surface area contributed by atoms with Gasteiger partial charge in [0, 0.05) is 18.2 Å². The Morgan fingerprint density at radius 1 is 1.37 bits per heavy atom. The number of halogens is 3. The van der Waals surface area contributed by atoms with Crippen molar-refractivity contribution in [3.05, 3.63) is 24.7 Å². The maximum atomic E-state index is 13.0. The molecule has 1 aliphatic carbocycles. The molecule has 0 spiro atoms. The van der Waals surface area contributed by atoms with Crippen molar-refractivity contribution in [2.45, 2.75) is 57.0 Å². The second-order valence-electron chi connectivity index (χ2n) is 7.26. The van der Waals surface area contributed by atoms with Crippen LogP contribution in [-0.4, -0.2) is 64.8 Å². The van der Waals surface area contributed by atoms with Crippen LogP contribution in [0.1, 0.15) is 32.6 Å². The molecule has 0 amide bonds. The highest BCUT2D eigenvalue weighted by Gasteiger charge is 2.38. The minimum atomic E-state index is -4.44. The van der Waals surface area contributed by atoms with Gasteiger partial charge in [-0.2, -0.15) is 23.4 Å². The van der Waals surface area contributed by atoms with Gasteiger partial charge in [-0.1, -0.05) is 0 Å². The van der Waals surface area contributed by atoms with Crippen molar-refractivity contribution < 1.29 is 17.9 Å². The highest BCUT2D eigenvalue weighted by molar-refractivity contribution is 5.70. The van der Waals surface area contributed by atoms with E-state index in [4.69, 9.17) is 4.74 Å². The minimum absolute atomic E-state index is 0.0297. The lowest BCUT2D eigenvalue weighted by atomic mass is 9.90. The summed E-state index contributed by atoms with van der Waals surface area (Å²) in [6, 6.07) is 1.95. The number of aromatic nitrogens is 4. The normalized spacial score (nSPS) is 20.7. The van der Waals surface area contributed by atoms with Crippen LogP contribution in [0.15, 0.2) is 29.6 Å². The van der Waals surface area contributed by atoms with Crippen molar-refractivity contribution in [3.8, 4) is 5.82 Å². The van der Waals surface area contributed by atoms with Gasteiger partial charge in [-0.05, 0) is 46.4 Å². The predicted octanol–water partition coefficient (Wildman–Crippen LogP) is 3.26. The Labute approximate surface area is 173 Å². The van der Waals surface area contributed by atoms with Gasteiger partial charge in [0.1, 0.15) is 12.4 Å². The lowest BCUT2D eigenvalue weighted by Gasteiger charge is -2.39. The Morgan fingerprint density at radius 3 is 2.73 bits per heavy atom. The van der Waals surface area contributed by atoms with Crippen molar-refractivity contribution in [3.63, 3.8) is 0 Å². The molecular formula is C19H26F3N7O. The summed E-state index contributed by atoms with van der Waals surface area (Å²) in [6.45, 7) is 4.36. The van der Waals surface area contributed by atoms with Gasteiger partial charge < -0.3 is 15.0 Å². The van der Waals surface area contributed by atoms with Gasteiger partial charge in [-0.25, -0.2) is 4.98 Å². The summed E-state index contributed by atoms with van der Waals surface area (Å²) >= 11 is 0. The molecule has 8 nitrogen and oxygen atoms in total. The molecule has 0 radical (unpaired) electrons. The number of hydrogen-bond donors (Lipinski definition) is 1. The van der Waals surface area contributed by atoms with E-state index < -0.39 is 12.3 Å². The lowest BCUT2D eigenvalue weighted by molar-refractivity contribution is -0.214. The standard InChI is InChI=1S/C19H26F3N7O/c1-13(19(20,21)22)30-12-28(15-6-4-5-14(9-15)23-2)17-10-18(25-11-16(17)24-3)29-26-7-8-27-29/h7-8,10-11,13-15,23H,3-6,9,12H2,1-2H3. The highest BCUT2D eigenvalue weighted by Crippen LogP contribution is 2.35. The van der Waals surface area contributed by atoms with E-state index in [1.807, 2.05) is 11.9 Å². The van der Waals surface area contributed by atoms with E-state index in [0.717, 1.165) is 32.6 Å². The van der Waals surface area contributed by atoms with Crippen molar-refractivity contribution in [2.24, 2.45) is 4.99 Å². The van der Waals surface area contributed by atoms with Crippen LogP contribution in [0.5, 0.6) is 0 Å². The first-order valence-corrected chi connectivity index (χ1v) is 9.79. The molecule has 0 saturated heterocycles. The van der Waals surface area contributed by atoms with Crippen LogP contribution in [0, 0.1) is 0 Å². The number of hydrogen-bond acceptors (Lipinski definition) is 7. The van der Waals surface area contributed by atoms with Crippen LogP contribution in [0.25, 0.3) is 5.82 Å². The molecule has 2 aromatic heterocycles. The van der Waals surface area contributed by atoms with Crippen molar-refractivity contribution >= 4 is 18.1 Å². The number of alkyl halides is 3. The summed E-state index contributed by atoms with van der Waals surface area (Å²) in [5.41, 5.74) is 1.05. The first kappa shape index (κ1) is 22.2. The number of anilines is 1. The zero-order chi connectivity index (χ0) is 21.7. The molecule has 2 heterocycles. The third kappa shape index (κ3) is 5.14. The number of rotatable bonds is 8. The van der Waals surface area contributed by atoms with Gasteiger partial charge >= 0.3 is 6.18 Å². The predicted molar refractivity (Wildman–Crippen MR) is 107 cm³/mol. The zero-order valence-corrected chi connectivity index (χ0v) is 17.0. The van der Waals surface area contributed by atoms with E-state index in [9.17, 15) is 13.2 Å². The van der Waals surface area contributed by atoms with Crippen molar-refractivity contribution in [2.75, 3.05) is 18.7 Å². The Kier molecular flexibility index (Phi) is 7.03. The molecule has 0 bridgehead atoms.